The monoisotopic (exact) mass is 512 g/mol. The van der Waals surface area contributed by atoms with E-state index in [2.05, 4.69) is 30.1 Å². The van der Waals surface area contributed by atoms with Gasteiger partial charge in [-0.2, -0.15) is 18.3 Å². The molecule has 1 aromatic heterocycles. The molecule has 35 heavy (non-hydrogen) atoms. The Kier molecular flexibility index (Phi) is 7.82. The number of fused-ring (bicyclic) bond motifs is 1. The zero-order chi connectivity index (χ0) is 26.0. The number of imide groups is 1. The number of hydroxylamine groups is 2. The first-order valence-corrected chi connectivity index (χ1v) is 14.6. The number of anilines is 1. The lowest BCUT2D eigenvalue weighted by Crippen LogP contribution is -2.36. The predicted octanol–water partition coefficient (Wildman–Crippen LogP) is 3.60. The van der Waals surface area contributed by atoms with E-state index in [0.717, 1.165) is 12.2 Å². The fourth-order valence-electron chi connectivity index (χ4n) is 3.27. The molecule has 1 unspecified atom stereocenters. The minimum atomic E-state index is -4.95. The van der Waals surface area contributed by atoms with Crippen molar-refractivity contribution in [2.45, 2.75) is 51.6 Å². The SMILES string of the molecule is CC(CON1C(=O)c2ccccc2C1=O)Nc1cnn(COCC[Si](C)(C)C)c(=O)c1C(F)(F)F. The van der Waals surface area contributed by atoms with Crippen LogP contribution < -0.4 is 10.9 Å². The molecule has 0 bridgehead atoms. The molecule has 2 heterocycles. The van der Waals surface area contributed by atoms with Crippen LogP contribution in [0.25, 0.3) is 0 Å². The number of amides is 2. The minimum Gasteiger partial charge on any atom is -0.378 e. The second kappa shape index (κ2) is 10.3. The van der Waals surface area contributed by atoms with Gasteiger partial charge in [0.05, 0.1) is 29.6 Å². The number of nitrogens with one attached hydrogen (secondary N) is 1. The molecular weight excluding hydrogens is 485 g/mol. The molecule has 1 aliphatic heterocycles. The summed E-state index contributed by atoms with van der Waals surface area (Å²) in [6.45, 7) is 7.45. The lowest BCUT2D eigenvalue weighted by atomic mass is 10.1. The Morgan fingerprint density at radius 3 is 2.23 bits per heavy atom. The number of nitrogens with zero attached hydrogens (tertiary/aromatic N) is 3. The third-order valence-corrected chi connectivity index (χ3v) is 6.85. The first-order chi connectivity index (χ1) is 16.3. The Hall–Kier alpha value is -3.03. The van der Waals surface area contributed by atoms with E-state index in [9.17, 15) is 27.6 Å². The van der Waals surface area contributed by atoms with Crippen molar-refractivity contribution in [1.29, 1.82) is 0 Å². The maximum absolute atomic E-state index is 13.7. The van der Waals surface area contributed by atoms with Crippen LogP contribution >= 0.6 is 0 Å². The highest BCUT2D eigenvalue weighted by atomic mass is 28.3. The standard InChI is InChI=1S/C22H27F3N4O5Si/c1-14(12-34-29-19(30)15-7-5-6-8-16(15)20(29)31)27-17-11-26-28(13-33-9-10-35(2,3)4)21(32)18(17)22(23,24)25/h5-8,11,14,27H,9-10,12-13H2,1-4H3. The molecule has 13 heteroatoms. The Morgan fingerprint density at radius 1 is 1.09 bits per heavy atom. The van der Waals surface area contributed by atoms with E-state index in [4.69, 9.17) is 9.57 Å². The van der Waals surface area contributed by atoms with Gasteiger partial charge in [-0.3, -0.25) is 19.2 Å². The number of ether oxygens (including phenoxy) is 1. The Labute approximate surface area is 200 Å². The van der Waals surface area contributed by atoms with Gasteiger partial charge in [-0.25, -0.2) is 4.68 Å². The molecule has 1 atom stereocenters. The zero-order valence-corrected chi connectivity index (χ0v) is 20.8. The van der Waals surface area contributed by atoms with Crippen molar-refractivity contribution in [3.05, 3.63) is 57.5 Å². The van der Waals surface area contributed by atoms with Crippen molar-refractivity contribution in [1.82, 2.24) is 14.8 Å². The van der Waals surface area contributed by atoms with Crippen molar-refractivity contribution in [2.75, 3.05) is 18.5 Å². The lowest BCUT2D eigenvalue weighted by Gasteiger charge is -2.21. The summed E-state index contributed by atoms with van der Waals surface area (Å²) in [4.78, 5) is 42.5. The fourth-order valence-corrected chi connectivity index (χ4v) is 4.03. The van der Waals surface area contributed by atoms with Crippen molar-refractivity contribution < 1.29 is 32.3 Å². The number of hydrogen-bond acceptors (Lipinski definition) is 7. The van der Waals surface area contributed by atoms with Crippen LogP contribution in [0, 0.1) is 0 Å². The van der Waals surface area contributed by atoms with Crippen LogP contribution in [0.3, 0.4) is 0 Å². The van der Waals surface area contributed by atoms with Gasteiger partial charge in [0.2, 0.25) is 0 Å². The van der Waals surface area contributed by atoms with E-state index < -0.39 is 55.6 Å². The van der Waals surface area contributed by atoms with Gasteiger partial charge in [-0.05, 0) is 25.1 Å². The molecule has 9 nitrogen and oxygen atoms in total. The molecule has 0 aliphatic carbocycles. The second-order valence-electron chi connectivity index (χ2n) is 9.38. The number of carbonyl (C=O) groups excluding carboxylic acids is 2. The lowest BCUT2D eigenvalue weighted by molar-refractivity contribution is -0.138. The molecule has 0 saturated carbocycles. The number of carbonyl (C=O) groups is 2. The summed E-state index contributed by atoms with van der Waals surface area (Å²) in [5, 5.41) is 6.91. The van der Waals surface area contributed by atoms with Crippen molar-refractivity contribution in [3.63, 3.8) is 0 Å². The first kappa shape index (κ1) is 26.6. The summed E-state index contributed by atoms with van der Waals surface area (Å²) >= 11 is 0. The Balaban J connectivity index is 1.68. The maximum atomic E-state index is 13.7. The summed E-state index contributed by atoms with van der Waals surface area (Å²) in [5.41, 5.74) is -2.95. The Bertz CT molecular complexity index is 1130. The normalized spacial score (nSPS) is 14.9. The molecule has 190 valence electrons. The van der Waals surface area contributed by atoms with E-state index in [-0.39, 0.29) is 17.7 Å². The number of rotatable bonds is 10. The second-order valence-corrected chi connectivity index (χ2v) is 15.0. The van der Waals surface area contributed by atoms with Crippen molar-refractivity contribution >= 4 is 25.6 Å². The average molecular weight is 513 g/mol. The van der Waals surface area contributed by atoms with Gasteiger partial charge in [-0.15, -0.1) is 5.06 Å². The summed E-state index contributed by atoms with van der Waals surface area (Å²) in [7, 11) is -1.40. The highest BCUT2D eigenvalue weighted by Crippen LogP contribution is 2.32. The molecule has 3 rings (SSSR count). The van der Waals surface area contributed by atoms with Crippen LogP contribution in [0.1, 0.15) is 33.2 Å². The van der Waals surface area contributed by atoms with E-state index in [0.29, 0.717) is 16.4 Å². The molecule has 0 fully saturated rings. The summed E-state index contributed by atoms with van der Waals surface area (Å²) in [6, 6.07) is 6.13. The van der Waals surface area contributed by atoms with Crippen LogP contribution in [0.5, 0.6) is 0 Å². The summed E-state index contributed by atoms with van der Waals surface area (Å²) < 4.78 is 47.2. The molecule has 1 N–H and O–H groups in total. The van der Waals surface area contributed by atoms with Crippen molar-refractivity contribution in [3.8, 4) is 0 Å². The largest absolute Gasteiger partial charge is 0.423 e. The molecule has 1 aromatic carbocycles. The summed E-state index contributed by atoms with van der Waals surface area (Å²) in [5.74, 6) is -1.32. The topological polar surface area (TPSA) is 103 Å². The molecular formula is C22H27F3N4O5Si. The molecule has 0 spiro atoms. The molecule has 0 saturated heterocycles. The van der Waals surface area contributed by atoms with Gasteiger partial charge < -0.3 is 10.1 Å². The van der Waals surface area contributed by atoms with Crippen LogP contribution in [0.4, 0.5) is 18.9 Å². The van der Waals surface area contributed by atoms with Crippen molar-refractivity contribution in [2.24, 2.45) is 0 Å². The molecule has 2 amide bonds. The van der Waals surface area contributed by atoms with E-state index in [1.54, 1.807) is 12.1 Å². The number of halogens is 3. The van der Waals surface area contributed by atoms with Crippen LogP contribution in [-0.4, -0.2) is 54.0 Å². The van der Waals surface area contributed by atoms with Gasteiger partial charge in [0, 0.05) is 20.7 Å². The van der Waals surface area contributed by atoms with Crippen LogP contribution in [0.15, 0.2) is 35.3 Å². The maximum Gasteiger partial charge on any atom is 0.423 e. The highest BCUT2D eigenvalue weighted by molar-refractivity contribution is 6.76. The molecule has 2 aromatic rings. The molecule has 0 radical (unpaired) electrons. The van der Waals surface area contributed by atoms with E-state index in [1.165, 1.54) is 19.1 Å². The van der Waals surface area contributed by atoms with E-state index in [1.807, 2.05) is 0 Å². The predicted molar refractivity (Wildman–Crippen MR) is 124 cm³/mol. The van der Waals surface area contributed by atoms with Gasteiger partial charge in [0.25, 0.3) is 17.4 Å². The van der Waals surface area contributed by atoms with E-state index >= 15 is 0 Å². The first-order valence-electron chi connectivity index (χ1n) is 10.9. The highest BCUT2D eigenvalue weighted by Gasteiger charge is 2.39. The number of aromatic nitrogens is 2. The van der Waals surface area contributed by atoms with Gasteiger partial charge >= 0.3 is 6.18 Å². The third kappa shape index (κ3) is 6.35. The fraction of sp³-hybridized carbons (Fsp3) is 0.455. The van der Waals surface area contributed by atoms with Gasteiger partial charge in [0.1, 0.15) is 12.3 Å². The smallest absolute Gasteiger partial charge is 0.378 e. The van der Waals surface area contributed by atoms with Gasteiger partial charge in [0.15, 0.2) is 0 Å². The zero-order valence-electron chi connectivity index (χ0n) is 19.8. The number of hydrogen-bond donors (Lipinski definition) is 1. The summed E-state index contributed by atoms with van der Waals surface area (Å²) in [6.07, 6.45) is -4.06. The van der Waals surface area contributed by atoms with Crippen LogP contribution in [0.2, 0.25) is 25.7 Å². The average Bonchev–Trinajstić information content (AvgIpc) is 2.99. The number of alkyl halides is 3. The van der Waals surface area contributed by atoms with Gasteiger partial charge in [-0.1, -0.05) is 31.8 Å². The quantitative estimate of drug-likeness (QED) is 0.295. The Morgan fingerprint density at radius 2 is 1.69 bits per heavy atom. The van der Waals surface area contributed by atoms with Crippen LogP contribution in [-0.2, 0) is 22.5 Å². The number of benzene rings is 1. The third-order valence-electron chi connectivity index (χ3n) is 5.15. The minimum absolute atomic E-state index is 0.178. The molecule has 1 aliphatic rings.